The molecule has 2 aliphatic rings. The normalized spacial score (nSPS) is 37.4. The summed E-state index contributed by atoms with van der Waals surface area (Å²) in [6, 6.07) is -0.842. The highest BCUT2D eigenvalue weighted by molar-refractivity contribution is 8.45. The highest BCUT2D eigenvalue weighted by atomic mass is 32.7. The van der Waals surface area contributed by atoms with Gasteiger partial charge in [0.15, 0.2) is 12.1 Å². The van der Waals surface area contributed by atoms with E-state index in [1.54, 1.807) is 6.20 Å². The average molecular weight is 662 g/mol. The minimum atomic E-state index is -5.45. The summed E-state index contributed by atoms with van der Waals surface area (Å²) in [5, 5.41) is 63.2. The van der Waals surface area contributed by atoms with Gasteiger partial charge in [-0.1, -0.05) is 12.2 Å². The highest BCUT2D eigenvalue weighted by Crippen LogP contribution is 2.66. The van der Waals surface area contributed by atoms with E-state index in [-0.39, 0.29) is 5.82 Å². The van der Waals surface area contributed by atoms with Crippen LogP contribution in [0.2, 0.25) is 0 Å². The Balaban J connectivity index is 1.44. The fourth-order valence-corrected chi connectivity index (χ4v) is 8.15. The Bertz CT molecular complexity index is 1350. The number of nitrogens with one attached hydrogen (secondary N) is 2. The Morgan fingerprint density at radius 1 is 1.24 bits per heavy atom. The molecule has 2 saturated heterocycles. The fourth-order valence-electron chi connectivity index (χ4n) is 4.97. The highest BCUT2D eigenvalue weighted by Gasteiger charge is 2.54. The molecule has 0 amide bonds. The number of hydrogen-bond acceptors (Lipinski definition) is 17. The molecule has 0 aromatic carbocycles. The maximum Gasteiger partial charge on any atom is 0.482 e. The van der Waals surface area contributed by atoms with Gasteiger partial charge in [-0.3, -0.25) is 9.05 Å². The third kappa shape index (κ3) is 6.69. The Kier molecular flexibility index (Phi) is 10.1. The number of anilines is 1. The minimum Gasteiger partial charge on any atom is -0.394 e. The van der Waals surface area contributed by atoms with E-state index in [1.807, 2.05) is 0 Å². The Labute approximate surface area is 243 Å². The zero-order valence-electron chi connectivity index (χ0n) is 22.1. The molecule has 4 heterocycles. The molecule has 2 fully saturated rings. The number of ether oxygens (including phenoxy) is 2. The van der Waals surface area contributed by atoms with Gasteiger partial charge < -0.3 is 61.0 Å². The molecule has 4 rings (SSSR count). The molecule has 0 spiro atoms. The van der Waals surface area contributed by atoms with Crippen molar-refractivity contribution >= 4 is 43.7 Å². The Morgan fingerprint density at radius 3 is 2.57 bits per heavy atom. The first-order valence-corrected chi connectivity index (χ1v) is 16.5. The average Bonchev–Trinajstić information content (AvgIpc) is 3.44. The molecule has 2 aromatic rings. The summed E-state index contributed by atoms with van der Waals surface area (Å²) in [6.45, 7) is -4.78. The van der Waals surface area contributed by atoms with Crippen molar-refractivity contribution in [2.24, 2.45) is 0 Å². The first-order valence-electron chi connectivity index (χ1n) is 12.3. The lowest BCUT2D eigenvalue weighted by Crippen LogP contribution is -2.61. The number of nitrogens with zero attached hydrogens (tertiary/aromatic N) is 2. The van der Waals surface area contributed by atoms with Gasteiger partial charge in [-0.2, -0.15) is 4.31 Å². The van der Waals surface area contributed by atoms with Crippen molar-refractivity contribution in [3.05, 3.63) is 18.1 Å². The van der Waals surface area contributed by atoms with Gasteiger partial charge in [-0.25, -0.2) is 19.1 Å². The third-order valence-electron chi connectivity index (χ3n) is 6.98. The molecule has 7 unspecified atom stereocenters. The molecule has 42 heavy (non-hydrogen) atoms. The number of aliphatic hydroxyl groups is 6. The van der Waals surface area contributed by atoms with Crippen LogP contribution in [-0.2, 0) is 32.0 Å². The number of thiol groups is 1. The molecule has 19 nitrogen and oxygen atoms in total. The van der Waals surface area contributed by atoms with Crippen molar-refractivity contribution in [2.75, 3.05) is 26.0 Å². The molecule has 2 aliphatic heterocycles. The molecule has 2 aromatic heterocycles. The number of hydrogen-bond donors (Lipinski definition) is 11. The number of fused-ring (bicyclic) bond motifs is 1. The fraction of sp³-hybridized carbons (Fsp3) is 0.700. The Morgan fingerprint density at radius 2 is 1.93 bits per heavy atom. The first kappa shape index (κ1) is 33.6. The van der Waals surface area contributed by atoms with E-state index >= 15 is 0 Å². The molecule has 0 saturated carbocycles. The van der Waals surface area contributed by atoms with E-state index in [0.29, 0.717) is 16.6 Å². The lowest BCUT2D eigenvalue weighted by Gasteiger charge is -2.41. The monoisotopic (exact) mass is 661 g/mol. The van der Waals surface area contributed by atoms with Crippen molar-refractivity contribution in [3.8, 4) is 0 Å². The van der Waals surface area contributed by atoms with Crippen molar-refractivity contribution in [1.29, 1.82) is 0 Å². The lowest BCUT2D eigenvalue weighted by molar-refractivity contribution is -0.292. The van der Waals surface area contributed by atoms with Crippen molar-refractivity contribution < 1.29 is 67.5 Å². The van der Waals surface area contributed by atoms with Crippen molar-refractivity contribution in [1.82, 2.24) is 20.3 Å². The van der Waals surface area contributed by atoms with E-state index in [1.165, 1.54) is 20.3 Å². The van der Waals surface area contributed by atoms with Gasteiger partial charge in [-0.05, 0) is 14.0 Å². The van der Waals surface area contributed by atoms with Gasteiger partial charge in [0.2, 0.25) is 0 Å². The number of likely N-dealkylation sites (N-methyl/N-ethyl adjacent to an activating group) is 1. The van der Waals surface area contributed by atoms with Gasteiger partial charge >= 0.3 is 14.6 Å². The number of aromatic amines is 1. The predicted molar refractivity (Wildman–Crippen MR) is 144 cm³/mol. The molecular weight excluding hydrogens is 628 g/mol. The number of H-pyrrole nitrogens is 1. The molecule has 0 radical (unpaired) electrons. The van der Waals surface area contributed by atoms with Crippen LogP contribution in [0.15, 0.2) is 12.5 Å². The quantitative estimate of drug-likeness (QED) is 0.0888. The zero-order chi connectivity index (χ0) is 31.2. The number of aliphatic hydroxyl groups excluding tert-OH is 5. The van der Waals surface area contributed by atoms with Gasteiger partial charge in [0.05, 0.1) is 24.8 Å². The maximum atomic E-state index is 12.9. The summed E-state index contributed by atoms with van der Waals surface area (Å²) in [7, 11) is -3.92. The van der Waals surface area contributed by atoms with Crippen LogP contribution in [0, 0.1) is 0 Å². The van der Waals surface area contributed by atoms with E-state index in [0.717, 1.165) is 0 Å². The molecule has 238 valence electrons. The zero-order valence-corrected chi connectivity index (χ0v) is 24.7. The second kappa shape index (κ2) is 12.6. The van der Waals surface area contributed by atoms with Crippen LogP contribution >= 0.6 is 26.9 Å². The van der Waals surface area contributed by atoms with Crippen LogP contribution in [0.4, 0.5) is 5.82 Å². The second-order valence-corrected chi connectivity index (χ2v) is 14.4. The number of rotatable bonds is 11. The van der Waals surface area contributed by atoms with E-state index in [9.17, 15) is 39.6 Å². The summed E-state index contributed by atoms with van der Waals surface area (Å²) in [5.41, 5.74) is 5.54. The largest absolute Gasteiger partial charge is 0.482 e. The standard InChI is InChI=1S/C20H33N5O14P2S/c1-20(31)16(22-2)9(36-17(20)7-3-23-11-10(7)24-6-25-18(11)21)5-35-41(34,42)39-40(32,33)38-19-14(30)12(28)13(29)15(37-19)8(27)4-26/h3,6,8-9,12-17,19,22-23,26-31H,4-5H2,1-2H3,(H,32,33)(H,34,42)(H2,21,24,25)/t8-,9+,12?,13?,14?,15?,16+,17-,19?,20+,41?/m0/s1. The number of phosphoric acid groups is 1. The van der Waals surface area contributed by atoms with E-state index < -0.39 is 88.5 Å². The van der Waals surface area contributed by atoms with Gasteiger partial charge in [0, 0.05) is 11.8 Å². The minimum absolute atomic E-state index is 0.176. The SMILES string of the molecule is CN[C@@H]1[C@@H](COP(=O)(S)OP(=O)(O)OC2OC([C@@H](O)CO)C(O)C(O)C2O)O[C@@H](c2c[nH]c3c(N)ncnc23)[C@]1(C)O. The molecule has 0 aliphatic carbocycles. The maximum absolute atomic E-state index is 12.9. The molecule has 22 heteroatoms. The summed E-state index contributed by atoms with van der Waals surface area (Å²) >= 11 is 3.69. The number of phosphoric ester groups is 1. The van der Waals surface area contributed by atoms with Crippen molar-refractivity contribution in [3.63, 3.8) is 0 Å². The first-order chi connectivity index (χ1) is 19.5. The summed E-state index contributed by atoms with van der Waals surface area (Å²) in [4.78, 5) is 21.2. The van der Waals surface area contributed by atoms with Crippen LogP contribution in [0.5, 0.6) is 0 Å². The molecule has 11 N–H and O–H groups in total. The van der Waals surface area contributed by atoms with Crippen LogP contribution in [0.3, 0.4) is 0 Å². The topological polar surface area (TPSA) is 302 Å². The number of nitrogens with two attached hydrogens (primary N) is 1. The molecule has 0 bridgehead atoms. The third-order valence-corrected chi connectivity index (χ3v) is 10.6. The number of nitrogen functional groups attached to an aromatic ring is 1. The molecule has 12 atom stereocenters. The van der Waals surface area contributed by atoms with Crippen LogP contribution in [0.25, 0.3) is 11.0 Å². The summed E-state index contributed by atoms with van der Waals surface area (Å²) in [5.74, 6) is 0.176. The van der Waals surface area contributed by atoms with Crippen LogP contribution < -0.4 is 11.1 Å². The second-order valence-electron chi connectivity index (χ2n) is 9.88. The summed E-state index contributed by atoms with van der Waals surface area (Å²) < 4.78 is 51.0. The van der Waals surface area contributed by atoms with Crippen LogP contribution in [0.1, 0.15) is 18.6 Å². The van der Waals surface area contributed by atoms with E-state index in [2.05, 4.69) is 41.4 Å². The van der Waals surface area contributed by atoms with Gasteiger partial charge in [-0.15, -0.1) is 0 Å². The predicted octanol–water partition coefficient (Wildman–Crippen LogP) is -2.33. The smallest absolute Gasteiger partial charge is 0.394 e. The summed E-state index contributed by atoms with van der Waals surface area (Å²) in [6.07, 6.45) is -11.0. The lowest BCUT2D eigenvalue weighted by atomic mass is 9.87. The Hall–Kier alpha value is -1.29. The van der Waals surface area contributed by atoms with Gasteiger partial charge in [0.1, 0.15) is 60.2 Å². The van der Waals surface area contributed by atoms with E-state index in [4.69, 9.17) is 24.8 Å². The number of aromatic nitrogens is 3. The molecular formula is C20H33N5O14P2S. The van der Waals surface area contributed by atoms with Gasteiger partial charge in [0.25, 0.3) is 0 Å². The van der Waals surface area contributed by atoms with Crippen molar-refractivity contribution in [2.45, 2.75) is 67.6 Å². The van der Waals surface area contributed by atoms with Crippen LogP contribution in [-0.4, -0.2) is 125 Å².